The number of hydrogen-bond acceptors (Lipinski definition) is 2. The summed E-state index contributed by atoms with van der Waals surface area (Å²) in [6, 6.07) is 8.06. The summed E-state index contributed by atoms with van der Waals surface area (Å²) in [6.45, 7) is 33.4. The van der Waals surface area contributed by atoms with Gasteiger partial charge in [0.25, 0.3) is 0 Å². The van der Waals surface area contributed by atoms with Crippen molar-refractivity contribution in [3.05, 3.63) is 47.5 Å². The Kier molecular flexibility index (Phi) is 45.9. The summed E-state index contributed by atoms with van der Waals surface area (Å²) in [7, 11) is 1.72. The highest BCUT2D eigenvalue weighted by molar-refractivity contribution is 6.30. The van der Waals surface area contributed by atoms with Crippen molar-refractivity contribution < 1.29 is 9.47 Å². The van der Waals surface area contributed by atoms with E-state index in [9.17, 15) is 0 Å². The Labute approximate surface area is 215 Å². The van der Waals surface area contributed by atoms with Crippen LogP contribution in [-0.4, -0.2) is 26.9 Å². The van der Waals surface area contributed by atoms with Crippen molar-refractivity contribution in [1.29, 1.82) is 0 Å². The zero-order valence-corrected chi connectivity index (χ0v) is 25.7. The van der Waals surface area contributed by atoms with Crippen molar-refractivity contribution in [2.45, 2.75) is 96.4 Å². The molecule has 0 aliphatic rings. The van der Waals surface area contributed by atoms with E-state index in [-0.39, 0.29) is 0 Å². The van der Waals surface area contributed by atoms with Crippen LogP contribution in [0.3, 0.4) is 0 Å². The molecule has 1 rings (SSSR count). The van der Waals surface area contributed by atoms with E-state index in [1.54, 1.807) is 13.2 Å². The maximum absolute atomic E-state index is 5.75. The summed E-state index contributed by atoms with van der Waals surface area (Å²) in [5, 5.41) is 0.817. The molecule has 0 heterocycles. The van der Waals surface area contributed by atoms with Crippen molar-refractivity contribution in [2.75, 3.05) is 26.9 Å². The van der Waals surface area contributed by atoms with Crippen molar-refractivity contribution in [2.24, 2.45) is 23.7 Å². The number of ether oxygens (including phenoxy) is 2. The Morgan fingerprint density at radius 1 is 0.818 bits per heavy atom. The number of allylic oxidation sites excluding steroid dienone is 1. The molecule has 2 nitrogen and oxygen atoms in total. The fourth-order valence-electron chi connectivity index (χ4n) is 1.78. The van der Waals surface area contributed by atoms with Gasteiger partial charge in [0.05, 0.1) is 0 Å². The van der Waals surface area contributed by atoms with Gasteiger partial charge in [0.2, 0.25) is 0 Å². The highest BCUT2D eigenvalue weighted by Crippen LogP contribution is 2.12. The predicted octanol–water partition coefficient (Wildman–Crippen LogP) is 10.4. The zero-order chi connectivity index (χ0) is 27.2. The second-order valence-electron chi connectivity index (χ2n) is 9.27. The summed E-state index contributed by atoms with van der Waals surface area (Å²) in [4.78, 5) is 0. The third-order valence-electron chi connectivity index (χ3n) is 2.71. The minimum Gasteiger partial charge on any atom is -0.384 e. The molecule has 200 valence electrons. The minimum atomic E-state index is 0.676. The molecular weight excluding hydrogens is 428 g/mol. The maximum Gasteiger partial charge on any atom is 0.0488 e. The van der Waals surface area contributed by atoms with Crippen molar-refractivity contribution >= 4 is 11.6 Å². The number of methoxy groups -OCH3 is 1. The average molecular weight is 489 g/mol. The van der Waals surface area contributed by atoms with Crippen LogP contribution in [-0.2, 0) is 15.9 Å². The van der Waals surface area contributed by atoms with Crippen LogP contribution < -0.4 is 0 Å². The van der Waals surface area contributed by atoms with Crippen LogP contribution in [0.25, 0.3) is 0 Å². The van der Waals surface area contributed by atoms with E-state index >= 15 is 0 Å². The highest BCUT2D eigenvalue weighted by atomic mass is 35.5. The van der Waals surface area contributed by atoms with E-state index in [4.69, 9.17) is 21.1 Å². The maximum atomic E-state index is 5.75. The molecule has 0 unspecified atom stereocenters. The molecular formula is C30H61ClO2. The van der Waals surface area contributed by atoms with Gasteiger partial charge in [-0.05, 0) is 61.6 Å². The van der Waals surface area contributed by atoms with Gasteiger partial charge in [-0.1, -0.05) is 106 Å². The number of benzene rings is 1. The molecule has 0 saturated heterocycles. The van der Waals surface area contributed by atoms with Gasteiger partial charge >= 0.3 is 0 Å². The second-order valence-corrected chi connectivity index (χ2v) is 9.70. The van der Waals surface area contributed by atoms with Gasteiger partial charge in [-0.15, -0.1) is 6.58 Å². The topological polar surface area (TPSA) is 18.5 Å². The Bertz CT molecular complexity index is 434. The van der Waals surface area contributed by atoms with E-state index in [1.165, 1.54) is 5.56 Å². The lowest BCUT2D eigenvalue weighted by Crippen LogP contribution is -2.00. The first-order valence-electron chi connectivity index (χ1n) is 12.8. The summed E-state index contributed by atoms with van der Waals surface area (Å²) >= 11 is 5.75. The molecule has 1 aromatic carbocycles. The first-order valence-corrected chi connectivity index (χ1v) is 13.1. The Balaban J connectivity index is -0.000000104. The fourth-order valence-corrected chi connectivity index (χ4v) is 1.90. The van der Waals surface area contributed by atoms with E-state index < -0.39 is 0 Å². The lowest BCUT2D eigenvalue weighted by atomic mass is 10.0. The molecule has 3 heteroatoms. The molecule has 0 fully saturated rings. The summed E-state index contributed by atoms with van der Waals surface area (Å²) in [5.41, 5.74) is 1.37. The summed E-state index contributed by atoms with van der Waals surface area (Å²) in [6.07, 6.45) is 2.89. The zero-order valence-electron chi connectivity index (χ0n) is 24.9. The average Bonchev–Trinajstić information content (AvgIpc) is 2.70. The van der Waals surface area contributed by atoms with Gasteiger partial charge in [0, 0.05) is 32.0 Å². The molecule has 0 saturated carbocycles. The van der Waals surface area contributed by atoms with Crippen LogP contribution in [0.4, 0.5) is 0 Å². The van der Waals surface area contributed by atoms with Gasteiger partial charge in [-0.3, -0.25) is 0 Å². The molecule has 0 aliphatic carbocycles. The highest BCUT2D eigenvalue weighted by Gasteiger charge is 1.96. The van der Waals surface area contributed by atoms with Crippen molar-refractivity contribution in [3.63, 3.8) is 0 Å². The molecule has 0 spiro atoms. The van der Waals surface area contributed by atoms with Crippen LogP contribution in [0.5, 0.6) is 0 Å². The molecule has 0 N–H and O–H groups in total. The van der Waals surface area contributed by atoms with E-state index in [0.29, 0.717) is 11.8 Å². The molecule has 0 aromatic heterocycles. The fraction of sp³-hybridized carbons (Fsp3) is 0.733. The first kappa shape index (κ1) is 42.3. The molecule has 0 radical (unpaired) electrons. The van der Waals surface area contributed by atoms with Crippen LogP contribution in [0, 0.1) is 23.7 Å². The predicted molar refractivity (Wildman–Crippen MR) is 156 cm³/mol. The van der Waals surface area contributed by atoms with Crippen LogP contribution in [0.1, 0.15) is 95.6 Å². The summed E-state index contributed by atoms with van der Waals surface area (Å²) in [5.74, 6) is 2.91. The number of hydrogen-bond donors (Lipinski definition) is 0. The minimum absolute atomic E-state index is 0.676. The van der Waals surface area contributed by atoms with Gasteiger partial charge < -0.3 is 9.47 Å². The van der Waals surface area contributed by atoms with Crippen LogP contribution in [0.15, 0.2) is 36.9 Å². The third kappa shape index (κ3) is 65.2. The lowest BCUT2D eigenvalue weighted by molar-refractivity contribution is 0.122. The monoisotopic (exact) mass is 488 g/mol. The Hall–Kier alpha value is -0.830. The van der Waals surface area contributed by atoms with Gasteiger partial charge in [0.15, 0.2) is 0 Å². The smallest absolute Gasteiger partial charge is 0.0488 e. The number of halogens is 1. The van der Waals surface area contributed by atoms with Gasteiger partial charge in [-0.25, -0.2) is 0 Å². The van der Waals surface area contributed by atoms with Crippen molar-refractivity contribution in [1.82, 2.24) is 0 Å². The first-order chi connectivity index (χ1) is 15.4. The third-order valence-corrected chi connectivity index (χ3v) is 2.96. The van der Waals surface area contributed by atoms with E-state index in [2.05, 4.69) is 81.0 Å². The summed E-state index contributed by atoms with van der Waals surface area (Å²) < 4.78 is 9.90. The second kappa shape index (κ2) is 35.8. The largest absolute Gasteiger partial charge is 0.384 e. The van der Waals surface area contributed by atoms with E-state index in [1.807, 2.05) is 39.8 Å². The molecule has 0 aliphatic heterocycles. The Morgan fingerprint density at radius 2 is 1.18 bits per heavy atom. The molecule has 1 aromatic rings. The molecule has 33 heavy (non-hydrogen) atoms. The van der Waals surface area contributed by atoms with Gasteiger partial charge in [0.1, 0.15) is 0 Å². The van der Waals surface area contributed by atoms with Crippen LogP contribution in [0.2, 0.25) is 5.02 Å². The number of rotatable bonds is 7. The van der Waals surface area contributed by atoms with E-state index in [0.717, 1.165) is 43.1 Å². The standard InChI is InChI=1S/C10H13Cl.C6H14O.C5H12O.C4H10.C3H6.C2H6/c1-8(2)7-9-3-5-10(11)6-4-9;1-4-7-5-6(2)3;1-5(2)4-6-3;1-4(2)3;1-3-2;1-2/h3-6,8H,7H2,1-2H3;6H,4-5H2,1-3H3;5H,4H2,1-3H3;4H,1-3H3;3H,1H2,2H3;1-2H3. The Morgan fingerprint density at radius 3 is 1.36 bits per heavy atom. The normalized spacial score (nSPS) is 9.18. The van der Waals surface area contributed by atoms with Gasteiger partial charge in [-0.2, -0.15) is 0 Å². The molecule has 0 atom stereocenters. The quantitative estimate of drug-likeness (QED) is 0.355. The SMILES string of the molecule is C=CC.CC.CC(C)C.CC(C)Cc1ccc(Cl)cc1.CCOCC(C)C.COCC(C)C. The molecule has 0 amide bonds. The van der Waals surface area contributed by atoms with Crippen LogP contribution >= 0.6 is 11.6 Å². The lowest BCUT2D eigenvalue weighted by Gasteiger charge is -2.03. The molecule has 0 bridgehead atoms. The van der Waals surface area contributed by atoms with Crippen molar-refractivity contribution in [3.8, 4) is 0 Å².